The Balaban J connectivity index is 1.15. The highest BCUT2D eigenvalue weighted by Crippen LogP contribution is 2.30. The van der Waals surface area contributed by atoms with Gasteiger partial charge in [0.25, 0.3) is 0 Å². The van der Waals surface area contributed by atoms with Gasteiger partial charge in [-0.05, 0) is 60.4 Å². The van der Waals surface area contributed by atoms with E-state index in [-0.39, 0.29) is 5.78 Å². The molecule has 2 aromatic rings. The van der Waals surface area contributed by atoms with Gasteiger partial charge >= 0.3 is 0 Å². The van der Waals surface area contributed by atoms with Crippen molar-refractivity contribution in [2.24, 2.45) is 0 Å². The predicted octanol–water partition coefficient (Wildman–Crippen LogP) is 4.29. The summed E-state index contributed by atoms with van der Waals surface area (Å²) in [4.78, 5) is 17.9. The van der Waals surface area contributed by atoms with Crippen molar-refractivity contribution >= 4 is 29.3 Å². The summed E-state index contributed by atoms with van der Waals surface area (Å²) < 4.78 is 45.3. The molecule has 2 heterocycles. The van der Waals surface area contributed by atoms with Crippen LogP contribution in [0.5, 0.6) is 0 Å². The first-order chi connectivity index (χ1) is 24.8. The van der Waals surface area contributed by atoms with Gasteiger partial charge in [0.15, 0.2) is 5.78 Å². The number of carbonyl (C=O) groups excluding carboxylic acids is 1. The summed E-state index contributed by atoms with van der Waals surface area (Å²) in [6.07, 6.45) is 5.53. The van der Waals surface area contributed by atoms with Gasteiger partial charge in [0.1, 0.15) is 0 Å². The number of nitrogens with zero attached hydrogens (tertiary/aromatic N) is 2. The molecule has 1 saturated carbocycles. The minimum absolute atomic E-state index is 0.124. The number of rotatable bonds is 4. The summed E-state index contributed by atoms with van der Waals surface area (Å²) in [5.74, 6) is 0.124. The second kappa shape index (κ2) is 22.6. The molecule has 3 aliphatic rings. The first kappa shape index (κ1) is 38.1. The van der Waals surface area contributed by atoms with Crippen LogP contribution in [0.1, 0.15) is 24.0 Å². The number of ketones is 1. The normalized spacial score (nSPS) is 22.8. The monoisotopic (exact) mass is 694 g/mol. The maximum Gasteiger partial charge on any atom is 0.185 e. The molecule has 11 heteroatoms. The third-order valence-corrected chi connectivity index (χ3v) is 8.70. The average molecular weight is 695 g/mol. The van der Waals surface area contributed by atoms with E-state index in [0.29, 0.717) is 106 Å². The maximum atomic E-state index is 13.4. The van der Waals surface area contributed by atoms with Crippen molar-refractivity contribution in [1.82, 2.24) is 0 Å². The third-order valence-electron chi connectivity index (χ3n) is 8.70. The van der Waals surface area contributed by atoms with Crippen LogP contribution < -0.4 is 9.80 Å². The predicted molar refractivity (Wildman–Crippen MR) is 194 cm³/mol. The minimum Gasteiger partial charge on any atom is -0.377 e. The Kier molecular flexibility index (Phi) is 17.3. The lowest BCUT2D eigenvalue weighted by atomic mass is 10.1. The molecule has 2 aromatic carbocycles. The first-order valence-corrected chi connectivity index (χ1v) is 18.0. The van der Waals surface area contributed by atoms with Crippen LogP contribution in [0.15, 0.2) is 59.7 Å². The Bertz CT molecular complexity index is 1180. The van der Waals surface area contributed by atoms with Crippen LogP contribution in [0.25, 0.3) is 12.2 Å². The fourth-order valence-corrected chi connectivity index (χ4v) is 5.91. The Morgan fingerprint density at radius 2 is 0.640 bits per heavy atom. The average Bonchev–Trinajstić information content (AvgIpc) is 3.46. The molecule has 0 atom stereocenters. The van der Waals surface area contributed by atoms with Crippen molar-refractivity contribution in [3.8, 4) is 0 Å². The summed E-state index contributed by atoms with van der Waals surface area (Å²) in [7, 11) is 0. The molecule has 0 radical (unpaired) electrons. The second-order valence-electron chi connectivity index (χ2n) is 12.2. The zero-order valence-corrected chi connectivity index (χ0v) is 29.4. The molecule has 0 unspecified atom stereocenters. The molecular formula is C39H54N2O9. The van der Waals surface area contributed by atoms with Crippen LogP contribution in [-0.2, 0) is 42.7 Å². The van der Waals surface area contributed by atoms with E-state index in [4.69, 9.17) is 37.9 Å². The molecule has 0 bridgehead atoms. The molecule has 50 heavy (non-hydrogen) atoms. The molecular weight excluding hydrogens is 640 g/mol. The van der Waals surface area contributed by atoms with Gasteiger partial charge in [-0.2, -0.15) is 0 Å². The number of hydrogen-bond donors (Lipinski definition) is 0. The van der Waals surface area contributed by atoms with Crippen molar-refractivity contribution in [3.63, 3.8) is 0 Å². The van der Waals surface area contributed by atoms with Crippen molar-refractivity contribution in [1.29, 1.82) is 0 Å². The number of allylic oxidation sites excluding steroid dienone is 2. The molecule has 0 aromatic heterocycles. The summed E-state index contributed by atoms with van der Waals surface area (Å²) in [6, 6.07) is 16.7. The molecule has 0 N–H and O–H groups in total. The highest BCUT2D eigenvalue weighted by atomic mass is 16.6. The van der Waals surface area contributed by atoms with E-state index in [2.05, 4.69) is 58.3 Å². The van der Waals surface area contributed by atoms with Crippen molar-refractivity contribution < 1.29 is 42.7 Å². The Labute approximate surface area is 297 Å². The summed E-state index contributed by atoms with van der Waals surface area (Å²) in [5, 5.41) is 0. The van der Waals surface area contributed by atoms with Crippen molar-refractivity contribution in [3.05, 3.63) is 70.8 Å². The van der Waals surface area contributed by atoms with E-state index >= 15 is 0 Å². The van der Waals surface area contributed by atoms with Crippen LogP contribution in [0.3, 0.4) is 0 Å². The van der Waals surface area contributed by atoms with Crippen LogP contribution >= 0.6 is 0 Å². The van der Waals surface area contributed by atoms with Crippen molar-refractivity contribution in [2.45, 2.75) is 12.8 Å². The molecule has 274 valence electrons. The van der Waals surface area contributed by atoms with Crippen molar-refractivity contribution in [2.75, 3.05) is 142 Å². The number of hydrogen-bond acceptors (Lipinski definition) is 11. The summed E-state index contributed by atoms with van der Waals surface area (Å²) in [6.45, 7) is 12.2. The van der Waals surface area contributed by atoms with Gasteiger partial charge in [0.2, 0.25) is 0 Å². The van der Waals surface area contributed by atoms with E-state index in [9.17, 15) is 4.79 Å². The molecule has 0 amide bonds. The Hall–Kier alpha value is -3.13. The lowest BCUT2D eigenvalue weighted by molar-refractivity contribution is -0.111. The van der Waals surface area contributed by atoms with Crippen LogP contribution in [-0.4, -0.2) is 138 Å². The highest BCUT2D eigenvalue weighted by Gasteiger charge is 2.23. The third kappa shape index (κ3) is 13.5. The number of ether oxygens (including phenoxy) is 8. The van der Waals surface area contributed by atoms with E-state index in [1.54, 1.807) is 0 Å². The van der Waals surface area contributed by atoms with Gasteiger partial charge in [0, 0.05) is 48.7 Å². The highest BCUT2D eigenvalue weighted by molar-refractivity contribution is 6.15. The number of Topliss-reactive ketones (excluding diaryl/α,β-unsaturated/α-hetero) is 1. The summed E-state index contributed by atoms with van der Waals surface area (Å²) in [5.41, 5.74) is 5.91. The molecule has 11 nitrogen and oxygen atoms in total. The molecule has 2 aliphatic heterocycles. The van der Waals surface area contributed by atoms with Gasteiger partial charge in [0.05, 0.1) is 106 Å². The molecule has 0 spiro atoms. The molecule has 5 rings (SSSR count). The summed E-state index contributed by atoms with van der Waals surface area (Å²) >= 11 is 0. The largest absolute Gasteiger partial charge is 0.377 e. The topological polar surface area (TPSA) is 97.4 Å². The minimum atomic E-state index is 0.124. The second-order valence-corrected chi connectivity index (χ2v) is 12.2. The SMILES string of the molecule is O=C1/C(=C/c2ccc(N3CCOCCOCCOCCOCC3)cc2)CC/C1=C\c1ccc(N2CCOCCOCCOCCOCC2)cc1. The number of anilines is 2. The lowest BCUT2D eigenvalue weighted by Gasteiger charge is -2.25. The van der Waals surface area contributed by atoms with E-state index in [0.717, 1.165) is 72.7 Å². The van der Waals surface area contributed by atoms with Crippen LogP contribution in [0, 0.1) is 0 Å². The fraction of sp³-hybridized carbons (Fsp3) is 0.564. The van der Waals surface area contributed by atoms with E-state index < -0.39 is 0 Å². The Morgan fingerprint density at radius 1 is 0.380 bits per heavy atom. The maximum absolute atomic E-state index is 13.4. The zero-order valence-electron chi connectivity index (χ0n) is 29.4. The molecule has 2 saturated heterocycles. The number of benzene rings is 2. The van der Waals surface area contributed by atoms with Crippen LogP contribution in [0.2, 0.25) is 0 Å². The zero-order chi connectivity index (χ0) is 34.5. The Morgan fingerprint density at radius 3 is 0.920 bits per heavy atom. The van der Waals surface area contributed by atoms with Gasteiger partial charge < -0.3 is 47.7 Å². The van der Waals surface area contributed by atoms with E-state index in [1.807, 2.05) is 12.2 Å². The van der Waals surface area contributed by atoms with Gasteiger partial charge in [-0.3, -0.25) is 4.79 Å². The quantitative estimate of drug-likeness (QED) is 0.429. The molecule has 3 fully saturated rings. The van der Waals surface area contributed by atoms with Gasteiger partial charge in [-0.25, -0.2) is 0 Å². The van der Waals surface area contributed by atoms with Gasteiger partial charge in [-0.1, -0.05) is 24.3 Å². The first-order valence-electron chi connectivity index (χ1n) is 18.0. The molecule has 1 aliphatic carbocycles. The smallest absolute Gasteiger partial charge is 0.185 e. The van der Waals surface area contributed by atoms with E-state index in [1.165, 1.54) is 0 Å². The number of carbonyl (C=O) groups is 1. The standard InChI is InChI=1S/C39H54N2O9/c42-39-35(31-33-1-7-37(8-2-33)40-11-15-43-19-23-47-27-28-48-24-20-44-16-12-40)5-6-36(39)32-34-3-9-38(10-4-34)41-13-17-45-21-25-49-29-30-50-26-22-46-18-14-41/h1-4,7-10,31-32H,5-6,11-30H2/b35-31+,36-32+. The fourth-order valence-electron chi connectivity index (χ4n) is 5.91. The lowest BCUT2D eigenvalue weighted by Crippen LogP contribution is -2.31. The van der Waals surface area contributed by atoms with Crippen LogP contribution in [0.4, 0.5) is 11.4 Å². The van der Waals surface area contributed by atoms with Gasteiger partial charge in [-0.15, -0.1) is 0 Å².